The Morgan fingerprint density at radius 3 is 2.33 bits per heavy atom. The summed E-state index contributed by atoms with van der Waals surface area (Å²) in [5, 5.41) is 0. The highest BCUT2D eigenvalue weighted by Gasteiger charge is 2.44. The molecule has 68 valence electrons. The molecule has 0 atom stereocenters. The molecule has 6 heteroatoms. The van der Waals surface area contributed by atoms with E-state index in [0.717, 1.165) is 0 Å². The van der Waals surface area contributed by atoms with E-state index < -0.39 is 18.6 Å². The van der Waals surface area contributed by atoms with Crippen molar-refractivity contribution in [1.82, 2.24) is 4.90 Å². The van der Waals surface area contributed by atoms with Crippen molar-refractivity contribution < 1.29 is 22.8 Å². The van der Waals surface area contributed by atoms with Gasteiger partial charge in [-0.25, -0.2) is 0 Å². The Bertz CT molecular complexity index is 223. The average molecular weight is 181 g/mol. The molecule has 1 fully saturated rings. The molecule has 0 unspecified atom stereocenters. The second kappa shape index (κ2) is 2.76. The molecular weight excluding hydrogens is 175 g/mol. The SMILES string of the molecule is O=C1CCN(C(=O)C(F)(F)F)C1. The standard InChI is InChI=1S/C6H6F3NO2/c7-6(8,9)5(12)10-2-1-4(11)3-10/h1-3H2. The van der Waals surface area contributed by atoms with Crippen LogP contribution in [0.15, 0.2) is 0 Å². The number of hydrogen-bond acceptors (Lipinski definition) is 2. The van der Waals surface area contributed by atoms with Crippen molar-refractivity contribution >= 4 is 11.7 Å². The minimum absolute atomic E-state index is 0.0296. The largest absolute Gasteiger partial charge is 0.471 e. The summed E-state index contributed by atoms with van der Waals surface area (Å²) in [4.78, 5) is 21.5. The minimum atomic E-state index is -4.86. The van der Waals surface area contributed by atoms with Gasteiger partial charge >= 0.3 is 12.1 Å². The highest BCUT2D eigenvalue weighted by molar-refractivity contribution is 5.91. The normalized spacial score (nSPS) is 18.6. The summed E-state index contributed by atoms with van der Waals surface area (Å²) in [6.45, 7) is -0.518. The van der Waals surface area contributed by atoms with E-state index in [1.165, 1.54) is 0 Å². The molecule has 0 aliphatic carbocycles. The van der Waals surface area contributed by atoms with Crippen LogP contribution in [0.5, 0.6) is 0 Å². The molecule has 0 saturated carbocycles. The molecule has 1 heterocycles. The van der Waals surface area contributed by atoms with Crippen molar-refractivity contribution in [3.8, 4) is 0 Å². The number of carbonyl (C=O) groups is 2. The van der Waals surface area contributed by atoms with Crippen LogP contribution in [0.1, 0.15) is 6.42 Å². The van der Waals surface area contributed by atoms with Gasteiger partial charge in [0.1, 0.15) is 0 Å². The molecule has 1 amide bonds. The third-order valence-electron chi connectivity index (χ3n) is 1.56. The zero-order chi connectivity index (χ0) is 9.35. The molecule has 12 heavy (non-hydrogen) atoms. The predicted molar refractivity (Wildman–Crippen MR) is 32.3 cm³/mol. The molecule has 0 radical (unpaired) electrons. The van der Waals surface area contributed by atoms with Crippen LogP contribution in [0.3, 0.4) is 0 Å². The first-order chi connectivity index (χ1) is 5.41. The molecule has 1 aliphatic rings. The summed E-state index contributed by atoms with van der Waals surface area (Å²) in [5.74, 6) is -2.25. The fourth-order valence-electron chi connectivity index (χ4n) is 0.983. The second-order valence-corrected chi connectivity index (χ2v) is 2.51. The van der Waals surface area contributed by atoms with E-state index in [1.54, 1.807) is 0 Å². The highest BCUT2D eigenvalue weighted by Crippen LogP contribution is 2.20. The van der Waals surface area contributed by atoms with E-state index in [2.05, 4.69) is 0 Å². The van der Waals surface area contributed by atoms with E-state index in [0.29, 0.717) is 4.90 Å². The molecule has 0 aromatic heterocycles. The van der Waals surface area contributed by atoms with Gasteiger partial charge in [0.25, 0.3) is 0 Å². The molecule has 1 saturated heterocycles. The van der Waals surface area contributed by atoms with Gasteiger partial charge in [0.05, 0.1) is 6.54 Å². The van der Waals surface area contributed by atoms with Crippen molar-refractivity contribution in [2.75, 3.05) is 13.1 Å². The fourth-order valence-corrected chi connectivity index (χ4v) is 0.983. The lowest BCUT2D eigenvalue weighted by Crippen LogP contribution is -2.39. The number of nitrogens with zero attached hydrogens (tertiary/aromatic N) is 1. The fraction of sp³-hybridized carbons (Fsp3) is 0.667. The third kappa shape index (κ3) is 1.75. The average Bonchev–Trinajstić information content (AvgIpc) is 2.32. The van der Waals surface area contributed by atoms with Gasteiger partial charge in [-0.15, -0.1) is 0 Å². The summed E-state index contributed by atoms with van der Waals surface area (Å²) in [7, 11) is 0. The molecule has 1 rings (SSSR count). The summed E-state index contributed by atoms with van der Waals surface area (Å²) in [6, 6.07) is 0. The zero-order valence-corrected chi connectivity index (χ0v) is 6.02. The smallest absolute Gasteiger partial charge is 0.327 e. The van der Waals surface area contributed by atoms with E-state index in [1.807, 2.05) is 0 Å². The Kier molecular flexibility index (Phi) is 2.08. The lowest BCUT2D eigenvalue weighted by Gasteiger charge is -2.15. The maximum atomic E-state index is 11.7. The number of alkyl halides is 3. The van der Waals surface area contributed by atoms with Gasteiger partial charge < -0.3 is 4.90 Å². The molecule has 0 aromatic carbocycles. The van der Waals surface area contributed by atoms with Gasteiger partial charge in [-0.1, -0.05) is 0 Å². The van der Waals surface area contributed by atoms with Crippen LogP contribution in [-0.4, -0.2) is 35.9 Å². The van der Waals surface area contributed by atoms with E-state index >= 15 is 0 Å². The monoisotopic (exact) mass is 181 g/mol. The molecular formula is C6H6F3NO2. The van der Waals surface area contributed by atoms with Crippen LogP contribution >= 0.6 is 0 Å². The first-order valence-corrected chi connectivity index (χ1v) is 3.29. The quantitative estimate of drug-likeness (QED) is 0.540. The topological polar surface area (TPSA) is 37.4 Å². The van der Waals surface area contributed by atoms with Crippen molar-refractivity contribution in [3.05, 3.63) is 0 Å². The van der Waals surface area contributed by atoms with Crippen LogP contribution in [0.4, 0.5) is 13.2 Å². The lowest BCUT2D eigenvalue weighted by atomic mass is 10.4. The zero-order valence-electron chi connectivity index (χ0n) is 6.02. The first kappa shape index (κ1) is 9.02. The van der Waals surface area contributed by atoms with Crippen LogP contribution in [0.25, 0.3) is 0 Å². The number of amides is 1. The van der Waals surface area contributed by atoms with E-state index in [-0.39, 0.29) is 18.7 Å². The second-order valence-electron chi connectivity index (χ2n) is 2.51. The van der Waals surface area contributed by atoms with E-state index in [4.69, 9.17) is 0 Å². The van der Waals surface area contributed by atoms with Crippen LogP contribution in [0.2, 0.25) is 0 Å². The number of hydrogen-bond donors (Lipinski definition) is 0. The summed E-state index contributed by atoms with van der Waals surface area (Å²) in [5.41, 5.74) is 0. The summed E-state index contributed by atoms with van der Waals surface area (Å²) in [6.07, 6.45) is -4.83. The van der Waals surface area contributed by atoms with Crippen molar-refractivity contribution in [2.45, 2.75) is 12.6 Å². The first-order valence-electron chi connectivity index (χ1n) is 3.29. The number of rotatable bonds is 0. The van der Waals surface area contributed by atoms with Crippen molar-refractivity contribution in [2.24, 2.45) is 0 Å². The van der Waals surface area contributed by atoms with Gasteiger partial charge in [-0.05, 0) is 0 Å². The van der Waals surface area contributed by atoms with Gasteiger partial charge in [0, 0.05) is 13.0 Å². The van der Waals surface area contributed by atoms with E-state index in [9.17, 15) is 22.8 Å². The Balaban J connectivity index is 2.61. The Hall–Kier alpha value is -1.07. The molecule has 1 aliphatic heterocycles. The lowest BCUT2D eigenvalue weighted by molar-refractivity contribution is -0.184. The Morgan fingerprint density at radius 2 is 2.00 bits per heavy atom. The Labute approximate surface area is 66.1 Å². The molecule has 3 nitrogen and oxygen atoms in total. The Morgan fingerprint density at radius 1 is 1.42 bits per heavy atom. The van der Waals surface area contributed by atoms with Gasteiger partial charge in [-0.3, -0.25) is 9.59 Å². The van der Waals surface area contributed by atoms with Gasteiger partial charge in [0.2, 0.25) is 0 Å². The maximum absolute atomic E-state index is 11.7. The number of ketones is 1. The highest BCUT2D eigenvalue weighted by atomic mass is 19.4. The molecule has 0 spiro atoms. The number of Topliss-reactive ketones (excluding diaryl/α,β-unsaturated/α-hetero) is 1. The van der Waals surface area contributed by atoms with Gasteiger partial charge in [0.15, 0.2) is 5.78 Å². The predicted octanol–water partition coefficient (Wildman–Crippen LogP) is 0.350. The van der Waals surface area contributed by atoms with Crippen molar-refractivity contribution in [1.29, 1.82) is 0 Å². The summed E-state index contributed by atoms with van der Waals surface area (Å²) < 4.78 is 35.2. The van der Waals surface area contributed by atoms with Crippen LogP contribution < -0.4 is 0 Å². The molecule has 0 N–H and O–H groups in total. The number of carbonyl (C=O) groups excluding carboxylic acids is 2. The third-order valence-corrected chi connectivity index (χ3v) is 1.56. The van der Waals surface area contributed by atoms with Crippen molar-refractivity contribution in [3.63, 3.8) is 0 Å². The van der Waals surface area contributed by atoms with Crippen LogP contribution in [0, 0.1) is 0 Å². The molecule has 0 bridgehead atoms. The minimum Gasteiger partial charge on any atom is -0.327 e. The maximum Gasteiger partial charge on any atom is 0.471 e. The summed E-state index contributed by atoms with van der Waals surface area (Å²) >= 11 is 0. The number of halogens is 3. The van der Waals surface area contributed by atoms with Crippen LogP contribution in [-0.2, 0) is 9.59 Å². The number of likely N-dealkylation sites (tertiary alicyclic amines) is 1. The van der Waals surface area contributed by atoms with Gasteiger partial charge in [-0.2, -0.15) is 13.2 Å². The molecule has 0 aromatic rings.